The number of anilines is 1. The average molecular weight is 370 g/mol. The molecular formula is C15H18N2O5S2. The Morgan fingerprint density at radius 1 is 1.33 bits per heavy atom. The number of hydrogen-bond donors (Lipinski definition) is 2. The van der Waals surface area contributed by atoms with Crippen LogP contribution < -0.4 is 5.32 Å². The van der Waals surface area contributed by atoms with Crippen LogP contribution in [0.5, 0.6) is 0 Å². The summed E-state index contributed by atoms with van der Waals surface area (Å²) in [5.74, 6) is -1.52. The van der Waals surface area contributed by atoms with Crippen molar-refractivity contribution >= 4 is 39.3 Å². The van der Waals surface area contributed by atoms with Crippen LogP contribution in [-0.2, 0) is 19.6 Å². The smallest absolute Gasteiger partial charge is 0.306 e. The number of thioether (sulfide) groups is 1. The molecule has 7 nitrogen and oxygen atoms in total. The number of carbonyl (C=O) groups is 2. The Labute approximate surface area is 144 Å². The highest BCUT2D eigenvalue weighted by Gasteiger charge is 2.33. The van der Waals surface area contributed by atoms with E-state index in [0.29, 0.717) is 18.5 Å². The lowest BCUT2D eigenvalue weighted by Gasteiger charge is -2.29. The number of carboxylic acids is 1. The zero-order valence-electron chi connectivity index (χ0n) is 13.1. The number of aliphatic carboxylic acids is 1. The Kier molecular flexibility index (Phi) is 4.58. The Morgan fingerprint density at radius 2 is 2.00 bits per heavy atom. The fraction of sp³-hybridized carbons (Fsp3) is 0.467. The molecule has 9 heteroatoms. The monoisotopic (exact) mass is 370 g/mol. The number of amides is 1. The molecule has 3 rings (SSSR count). The van der Waals surface area contributed by atoms with Crippen LogP contribution in [-0.4, -0.2) is 48.0 Å². The number of carboxylic acid groups (broad SMARTS) is 1. The van der Waals surface area contributed by atoms with Gasteiger partial charge < -0.3 is 10.4 Å². The van der Waals surface area contributed by atoms with Gasteiger partial charge in [0.25, 0.3) is 0 Å². The molecule has 1 aromatic carbocycles. The van der Waals surface area contributed by atoms with E-state index in [1.165, 1.54) is 28.2 Å². The average Bonchev–Trinajstić information content (AvgIpc) is 2.55. The first-order valence-corrected chi connectivity index (χ1v) is 9.95. The van der Waals surface area contributed by atoms with Gasteiger partial charge in [-0.25, -0.2) is 8.42 Å². The van der Waals surface area contributed by atoms with Gasteiger partial charge in [-0.05, 0) is 38.0 Å². The van der Waals surface area contributed by atoms with Gasteiger partial charge >= 0.3 is 5.97 Å². The third-order valence-electron chi connectivity index (χ3n) is 4.32. The Hall–Kier alpha value is -1.58. The highest BCUT2D eigenvalue weighted by molar-refractivity contribution is 8.01. The number of sulfonamides is 1. The number of piperidine rings is 1. The minimum absolute atomic E-state index is 0.116. The van der Waals surface area contributed by atoms with Gasteiger partial charge in [0, 0.05) is 18.0 Å². The van der Waals surface area contributed by atoms with Crippen LogP contribution in [0.25, 0.3) is 0 Å². The van der Waals surface area contributed by atoms with Crippen molar-refractivity contribution in [2.45, 2.75) is 34.8 Å². The molecule has 24 heavy (non-hydrogen) atoms. The van der Waals surface area contributed by atoms with E-state index in [0.717, 1.165) is 4.90 Å². The molecule has 2 aliphatic heterocycles. The molecule has 0 aromatic heterocycles. The summed E-state index contributed by atoms with van der Waals surface area (Å²) in [7, 11) is -3.70. The maximum absolute atomic E-state index is 12.8. The summed E-state index contributed by atoms with van der Waals surface area (Å²) in [6.07, 6.45) is 0.618. The molecule has 2 heterocycles. The summed E-state index contributed by atoms with van der Waals surface area (Å²) in [6.45, 7) is 2.17. The fourth-order valence-electron chi connectivity index (χ4n) is 2.84. The van der Waals surface area contributed by atoms with E-state index >= 15 is 0 Å². The Bertz CT molecular complexity index is 785. The van der Waals surface area contributed by atoms with E-state index in [9.17, 15) is 18.0 Å². The van der Waals surface area contributed by atoms with Gasteiger partial charge in [-0.2, -0.15) is 4.31 Å². The van der Waals surface area contributed by atoms with Crippen molar-refractivity contribution in [3.05, 3.63) is 18.2 Å². The van der Waals surface area contributed by atoms with Crippen molar-refractivity contribution in [1.82, 2.24) is 4.31 Å². The number of nitrogens with one attached hydrogen (secondary N) is 1. The summed E-state index contributed by atoms with van der Waals surface area (Å²) >= 11 is 1.39. The SMILES string of the molecule is CC1Sc2ccc(S(=O)(=O)N3CCC(C(=O)O)CC3)cc2NC1=O. The summed E-state index contributed by atoms with van der Waals surface area (Å²) in [6, 6.07) is 4.71. The van der Waals surface area contributed by atoms with Crippen LogP contribution in [0.4, 0.5) is 5.69 Å². The number of rotatable bonds is 3. The van der Waals surface area contributed by atoms with Crippen LogP contribution in [0.2, 0.25) is 0 Å². The fourth-order valence-corrected chi connectivity index (χ4v) is 5.27. The van der Waals surface area contributed by atoms with Crippen LogP contribution in [0, 0.1) is 5.92 Å². The largest absolute Gasteiger partial charge is 0.481 e. The number of benzene rings is 1. The second-order valence-electron chi connectivity index (χ2n) is 5.92. The van der Waals surface area contributed by atoms with E-state index in [-0.39, 0.29) is 29.1 Å². The van der Waals surface area contributed by atoms with Crippen molar-refractivity contribution in [3.8, 4) is 0 Å². The van der Waals surface area contributed by atoms with Crippen LogP contribution in [0.15, 0.2) is 28.0 Å². The first-order valence-electron chi connectivity index (χ1n) is 7.63. The second kappa shape index (κ2) is 6.38. The summed E-state index contributed by atoms with van der Waals surface area (Å²) in [5, 5.41) is 11.5. The van der Waals surface area contributed by atoms with E-state index < -0.39 is 21.9 Å². The van der Waals surface area contributed by atoms with E-state index in [4.69, 9.17) is 5.11 Å². The zero-order valence-corrected chi connectivity index (χ0v) is 14.7. The van der Waals surface area contributed by atoms with Crippen molar-refractivity contribution in [2.75, 3.05) is 18.4 Å². The van der Waals surface area contributed by atoms with Crippen LogP contribution in [0.3, 0.4) is 0 Å². The Morgan fingerprint density at radius 3 is 2.62 bits per heavy atom. The van der Waals surface area contributed by atoms with Crippen molar-refractivity contribution in [2.24, 2.45) is 5.92 Å². The molecule has 1 atom stereocenters. The van der Waals surface area contributed by atoms with Gasteiger partial charge in [-0.15, -0.1) is 11.8 Å². The molecule has 2 N–H and O–H groups in total. The number of fused-ring (bicyclic) bond motifs is 1. The molecule has 2 aliphatic rings. The standard InChI is InChI=1S/C15H18N2O5S2/c1-9-14(18)16-12-8-11(2-3-13(12)23-9)24(21,22)17-6-4-10(5-7-17)15(19)20/h2-3,8-10H,4-7H2,1H3,(H,16,18)(H,19,20). The molecule has 1 saturated heterocycles. The van der Waals surface area contributed by atoms with Gasteiger partial charge in [-0.1, -0.05) is 0 Å². The molecule has 1 aromatic rings. The minimum atomic E-state index is -3.70. The highest BCUT2D eigenvalue weighted by atomic mass is 32.2. The molecular weight excluding hydrogens is 352 g/mol. The quantitative estimate of drug-likeness (QED) is 0.838. The molecule has 0 radical (unpaired) electrons. The molecule has 0 saturated carbocycles. The van der Waals surface area contributed by atoms with E-state index in [1.807, 2.05) is 0 Å². The molecule has 1 unspecified atom stereocenters. The van der Waals surface area contributed by atoms with Crippen molar-refractivity contribution in [1.29, 1.82) is 0 Å². The minimum Gasteiger partial charge on any atom is -0.481 e. The second-order valence-corrected chi connectivity index (χ2v) is 9.24. The Balaban J connectivity index is 1.82. The van der Waals surface area contributed by atoms with Crippen molar-refractivity contribution in [3.63, 3.8) is 0 Å². The van der Waals surface area contributed by atoms with E-state index in [1.54, 1.807) is 13.0 Å². The first kappa shape index (κ1) is 17.2. The summed E-state index contributed by atoms with van der Waals surface area (Å²) in [4.78, 5) is 23.7. The first-order chi connectivity index (χ1) is 11.3. The lowest BCUT2D eigenvalue weighted by atomic mass is 9.99. The maximum Gasteiger partial charge on any atom is 0.306 e. The lowest BCUT2D eigenvalue weighted by molar-refractivity contribution is -0.142. The molecule has 130 valence electrons. The molecule has 0 spiro atoms. The third-order valence-corrected chi connectivity index (χ3v) is 7.40. The number of hydrogen-bond acceptors (Lipinski definition) is 5. The maximum atomic E-state index is 12.8. The highest BCUT2D eigenvalue weighted by Crippen LogP contribution is 2.37. The predicted molar refractivity (Wildman–Crippen MR) is 89.5 cm³/mol. The summed E-state index contributed by atoms with van der Waals surface area (Å²) < 4.78 is 26.8. The van der Waals surface area contributed by atoms with Crippen LogP contribution in [0.1, 0.15) is 19.8 Å². The van der Waals surface area contributed by atoms with Gasteiger partial charge in [0.1, 0.15) is 0 Å². The van der Waals surface area contributed by atoms with Crippen molar-refractivity contribution < 1.29 is 23.1 Å². The molecule has 1 amide bonds. The number of nitrogens with zero attached hydrogens (tertiary/aromatic N) is 1. The normalized spacial score (nSPS) is 22.7. The van der Waals surface area contributed by atoms with Gasteiger partial charge in [0.05, 0.1) is 21.8 Å². The molecule has 1 fully saturated rings. The van der Waals surface area contributed by atoms with Gasteiger partial charge in [0.15, 0.2) is 0 Å². The third kappa shape index (κ3) is 3.15. The number of carbonyl (C=O) groups excluding carboxylic acids is 1. The van der Waals surface area contributed by atoms with Gasteiger partial charge in [0.2, 0.25) is 15.9 Å². The van der Waals surface area contributed by atoms with Crippen LogP contribution >= 0.6 is 11.8 Å². The van der Waals surface area contributed by atoms with Gasteiger partial charge in [-0.3, -0.25) is 9.59 Å². The topological polar surface area (TPSA) is 104 Å². The summed E-state index contributed by atoms with van der Waals surface area (Å²) in [5.41, 5.74) is 0.504. The molecule has 0 aliphatic carbocycles. The zero-order chi connectivity index (χ0) is 17.5. The molecule has 0 bridgehead atoms. The van der Waals surface area contributed by atoms with E-state index in [2.05, 4.69) is 5.32 Å². The predicted octanol–water partition coefficient (Wildman–Crippen LogP) is 1.60. The lowest BCUT2D eigenvalue weighted by Crippen LogP contribution is -2.40.